The van der Waals surface area contributed by atoms with Crippen molar-refractivity contribution in [2.45, 2.75) is 39.0 Å². The molecule has 0 saturated carbocycles. The van der Waals surface area contributed by atoms with Gasteiger partial charge in [-0.05, 0) is 79.7 Å². The second kappa shape index (κ2) is 7.27. The van der Waals surface area contributed by atoms with E-state index in [9.17, 15) is 4.39 Å². The van der Waals surface area contributed by atoms with Crippen molar-refractivity contribution >= 4 is 15.9 Å². The minimum Gasteiger partial charge on any atom is -0.303 e. The summed E-state index contributed by atoms with van der Waals surface area (Å²) in [4.78, 5) is 2.59. The molecular weight excluding hydrogens is 341 g/mol. The molecular formula is C19H25BrFN. The Labute approximate surface area is 141 Å². The van der Waals surface area contributed by atoms with E-state index >= 15 is 0 Å². The van der Waals surface area contributed by atoms with Gasteiger partial charge in [-0.3, -0.25) is 0 Å². The maximum Gasteiger partial charge on any atom is 0.126 e. The average molecular weight is 366 g/mol. The molecule has 1 nitrogen and oxygen atoms in total. The zero-order valence-electron chi connectivity index (χ0n) is 13.3. The van der Waals surface area contributed by atoms with Crippen molar-refractivity contribution < 1.29 is 4.39 Å². The largest absolute Gasteiger partial charge is 0.303 e. The summed E-state index contributed by atoms with van der Waals surface area (Å²) in [7, 11) is 0. The lowest BCUT2D eigenvalue weighted by atomic mass is 9.84. The van der Waals surface area contributed by atoms with Crippen molar-refractivity contribution in [2.75, 3.05) is 19.6 Å². The fourth-order valence-electron chi connectivity index (χ4n) is 3.68. The van der Waals surface area contributed by atoms with Gasteiger partial charge in [-0.15, -0.1) is 0 Å². The summed E-state index contributed by atoms with van der Waals surface area (Å²) in [5.41, 5.74) is 1.84. The molecule has 1 aliphatic carbocycles. The third-order valence-electron chi connectivity index (χ3n) is 5.08. The minimum absolute atomic E-state index is 0.0803. The molecule has 0 amide bonds. The van der Waals surface area contributed by atoms with E-state index in [0.29, 0.717) is 11.8 Å². The normalized spacial score (nSPS) is 26.2. The number of hydrogen-bond acceptors (Lipinski definition) is 1. The number of benzene rings is 1. The minimum atomic E-state index is -0.0803. The molecule has 2 unspecified atom stereocenters. The maximum absolute atomic E-state index is 13.7. The van der Waals surface area contributed by atoms with Crippen molar-refractivity contribution in [1.82, 2.24) is 4.90 Å². The van der Waals surface area contributed by atoms with E-state index in [2.05, 4.69) is 33.0 Å². The van der Waals surface area contributed by atoms with Gasteiger partial charge in [0.25, 0.3) is 0 Å². The first-order valence-corrected chi connectivity index (χ1v) is 9.25. The van der Waals surface area contributed by atoms with Gasteiger partial charge in [0.15, 0.2) is 0 Å². The SMILES string of the molecule is Cc1ccc(CC2C=C(Br)C(CN3CCCC3)CC2)cc1F. The summed E-state index contributed by atoms with van der Waals surface area (Å²) in [6.07, 6.45) is 8.49. The predicted molar refractivity (Wildman–Crippen MR) is 93.7 cm³/mol. The Morgan fingerprint density at radius 1 is 1.23 bits per heavy atom. The highest BCUT2D eigenvalue weighted by Gasteiger charge is 2.25. The van der Waals surface area contributed by atoms with Gasteiger partial charge in [0.1, 0.15) is 5.82 Å². The number of hydrogen-bond donors (Lipinski definition) is 0. The summed E-state index contributed by atoms with van der Waals surface area (Å²) in [5, 5.41) is 0. The van der Waals surface area contributed by atoms with Gasteiger partial charge in [0, 0.05) is 12.5 Å². The van der Waals surface area contributed by atoms with Gasteiger partial charge in [0.05, 0.1) is 0 Å². The average Bonchev–Trinajstić information content (AvgIpc) is 2.99. The smallest absolute Gasteiger partial charge is 0.126 e. The van der Waals surface area contributed by atoms with Crippen LogP contribution in [0.15, 0.2) is 28.8 Å². The third kappa shape index (κ3) is 3.99. The van der Waals surface area contributed by atoms with Crippen molar-refractivity contribution in [3.8, 4) is 0 Å². The maximum atomic E-state index is 13.7. The highest BCUT2D eigenvalue weighted by Crippen LogP contribution is 2.35. The Hall–Kier alpha value is -0.670. The van der Waals surface area contributed by atoms with Crippen molar-refractivity contribution in [1.29, 1.82) is 0 Å². The lowest BCUT2D eigenvalue weighted by molar-refractivity contribution is 0.279. The summed E-state index contributed by atoms with van der Waals surface area (Å²) >= 11 is 3.80. The molecule has 1 fully saturated rings. The van der Waals surface area contributed by atoms with E-state index in [1.807, 2.05) is 13.0 Å². The highest BCUT2D eigenvalue weighted by molar-refractivity contribution is 9.11. The first-order chi connectivity index (χ1) is 10.6. The van der Waals surface area contributed by atoms with Gasteiger partial charge in [-0.25, -0.2) is 4.39 Å². The molecule has 0 N–H and O–H groups in total. The lowest BCUT2D eigenvalue weighted by Crippen LogP contribution is -2.29. The van der Waals surface area contributed by atoms with Crippen LogP contribution in [-0.2, 0) is 6.42 Å². The zero-order valence-corrected chi connectivity index (χ0v) is 14.9. The topological polar surface area (TPSA) is 3.24 Å². The summed E-state index contributed by atoms with van der Waals surface area (Å²) < 4.78 is 15.0. The van der Waals surface area contributed by atoms with Gasteiger partial charge in [0.2, 0.25) is 0 Å². The molecule has 2 aliphatic rings. The first kappa shape index (κ1) is 16.2. The van der Waals surface area contributed by atoms with Crippen molar-refractivity contribution in [3.63, 3.8) is 0 Å². The van der Waals surface area contributed by atoms with Crippen LogP contribution in [0.4, 0.5) is 4.39 Å². The highest BCUT2D eigenvalue weighted by atomic mass is 79.9. The van der Waals surface area contributed by atoms with E-state index in [0.717, 1.165) is 17.5 Å². The molecule has 120 valence electrons. The molecule has 1 aliphatic heterocycles. The standard InChI is InChI=1S/C19H25BrFN/c1-14-4-5-16(12-19(14)21)10-15-6-7-17(18(20)11-15)13-22-8-2-3-9-22/h4-5,11-12,15,17H,2-3,6-10,13H2,1H3. The van der Waals surface area contributed by atoms with E-state index in [4.69, 9.17) is 0 Å². The Bertz CT molecular complexity index is 548. The van der Waals surface area contributed by atoms with Crippen LogP contribution in [0.5, 0.6) is 0 Å². The van der Waals surface area contributed by atoms with Crippen LogP contribution in [0, 0.1) is 24.6 Å². The molecule has 1 saturated heterocycles. The molecule has 0 aromatic heterocycles. The van der Waals surface area contributed by atoms with E-state index in [1.165, 1.54) is 49.8 Å². The molecule has 0 spiro atoms. The van der Waals surface area contributed by atoms with Crippen LogP contribution in [-0.4, -0.2) is 24.5 Å². The third-order valence-corrected chi connectivity index (χ3v) is 5.99. The Kier molecular flexibility index (Phi) is 5.35. The summed E-state index contributed by atoms with van der Waals surface area (Å²) in [6.45, 7) is 5.55. The van der Waals surface area contributed by atoms with Crippen LogP contribution in [0.1, 0.15) is 36.8 Å². The Morgan fingerprint density at radius 3 is 2.68 bits per heavy atom. The number of likely N-dealkylation sites (tertiary alicyclic amines) is 1. The second-order valence-electron chi connectivity index (χ2n) is 6.88. The molecule has 1 aromatic carbocycles. The molecule has 0 bridgehead atoms. The van der Waals surface area contributed by atoms with Gasteiger partial charge in [-0.1, -0.05) is 34.1 Å². The van der Waals surface area contributed by atoms with E-state index < -0.39 is 0 Å². The van der Waals surface area contributed by atoms with Crippen LogP contribution >= 0.6 is 15.9 Å². The Balaban J connectivity index is 1.59. The van der Waals surface area contributed by atoms with Crippen LogP contribution in [0.3, 0.4) is 0 Å². The summed E-state index contributed by atoms with van der Waals surface area (Å²) in [6, 6.07) is 5.66. The fraction of sp³-hybridized carbons (Fsp3) is 0.579. The molecule has 0 radical (unpaired) electrons. The zero-order chi connectivity index (χ0) is 15.5. The summed E-state index contributed by atoms with van der Waals surface area (Å²) in [5.74, 6) is 1.11. The molecule has 3 heteroatoms. The lowest BCUT2D eigenvalue weighted by Gasteiger charge is -2.29. The number of aryl methyl sites for hydroxylation is 1. The second-order valence-corrected chi connectivity index (χ2v) is 7.80. The van der Waals surface area contributed by atoms with Crippen LogP contribution in [0.25, 0.3) is 0 Å². The molecule has 2 atom stereocenters. The number of halogens is 2. The predicted octanol–water partition coefficient (Wildman–Crippen LogP) is 5.08. The molecule has 22 heavy (non-hydrogen) atoms. The van der Waals surface area contributed by atoms with Crippen molar-refractivity contribution in [3.05, 3.63) is 45.7 Å². The fourth-order valence-corrected chi connectivity index (χ4v) is 4.43. The van der Waals surface area contributed by atoms with Crippen molar-refractivity contribution in [2.24, 2.45) is 11.8 Å². The van der Waals surface area contributed by atoms with Crippen LogP contribution < -0.4 is 0 Å². The monoisotopic (exact) mass is 365 g/mol. The van der Waals surface area contributed by atoms with Gasteiger partial charge >= 0.3 is 0 Å². The van der Waals surface area contributed by atoms with Gasteiger partial charge in [-0.2, -0.15) is 0 Å². The number of nitrogens with zero attached hydrogens (tertiary/aromatic N) is 1. The molecule has 1 aromatic rings. The van der Waals surface area contributed by atoms with E-state index in [1.54, 1.807) is 6.07 Å². The van der Waals surface area contributed by atoms with E-state index in [-0.39, 0.29) is 5.82 Å². The number of allylic oxidation sites excluding steroid dienone is 1. The quantitative estimate of drug-likeness (QED) is 0.719. The molecule has 1 heterocycles. The first-order valence-electron chi connectivity index (χ1n) is 8.46. The Morgan fingerprint density at radius 2 is 2.00 bits per heavy atom. The van der Waals surface area contributed by atoms with Gasteiger partial charge < -0.3 is 4.90 Å². The molecule has 3 rings (SSSR count). The number of rotatable bonds is 4. The van der Waals surface area contributed by atoms with Crippen LogP contribution in [0.2, 0.25) is 0 Å².